The number of ether oxygens (including phenoxy) is 1. The summed E-state index contributed by atoms with van der Waals surface area (Å²) in [6.07, 6.45) is 0.562. The maximum atomic E-state index is 12.0. The monoisotopic (exact) mass is 249 g/mol. The molecule has 0 saturated heterocycles. The van der Waals surface area contributed by atoms with Crippen LogP contribution in [0.15, 0.2) is 24.3 Å². The summed E-state index contributed by atoms with van der Waals surface area (Å²) >= 11 is 0. The molecular formula is C13H15NO4. The van der Waals surface area contributed by atoms with E-state index >= 15 is 0 Å². The van der Waals surface area contributed by atoms with E-state index < -0.39 is 5.97 Å². The number of para-hydroxylation sites is 1. The van der Waals surface area contributed by atoms with E-state index in [1.807, 2.05) is 24.3 Å². The second-order valence-electron chi connectivity index (χ2n) is 4.16. The molecule has 1 aromatic rings. The molecule has 18 heavy (non-hydrogen) atoms. The van der Waals surface area contributed by atoms with Crippen molar-refractivity contribution in [1.29, 1.82) is 0 Å². The average Bonchev–Trinajstić information content (AvgIpc) is 2.37. The molecule has 0 fully saturated rings. The molecule has 1 aromatic carbocycles. The van der Waals surface area contributed by atoms with Gasteiger partial charge in [0.1, 0.15) is 5.75 Å². The van der Waals surface area contributed by atoms with Crippen molar-refractivity contribution in [3.05, 3.63) is 29.8 Å². The zero-order valence-corrected chi connectivity index (χ0v) is 9.89. The molecule has 1 heterocycles. The van der Waals surface area contributed by atoms with Gasteiger partial charge in [-0.3, -0.25) is 9.59 Å². The Labute approximate surface area is 105 Å². The van der Waals surface area contributed by atoms with Gasteiger partial charge in [-0.1, -0.05) is 18.2 Å². The minimum atomic E-state index is -0.914. The van der Waals surface area contributed by atoms with Gasteiger partial charge in [-0.2, -0.15) is 0 Å². The third-order valence-electron chi connectivity index (χ3n) is 2.91. The van der Waals surface area contributed by atoms with Crippen molar-refractivity contribution in [2.75, 3.05) is 13.2 Å². The number of carbonyl (C=O) groups excluding carboxylic acids is 1. The summed E-state index contributed by atoms with van der Waals surface area (Å²) in [5, 5.41) is 11.2. The van der Waals surface area contributed by atoms with Crippen LogP contribution in [-0.4, -0.2) is 30.1 Å². The lowest BCUT2D eigenvalue weighted by atomic mass is 9.92. The van der Waals surface area contributed by atoms with Crippen molar-refractivity contribution in [2.24, 2.45) is 0 Å². The Balaban J connectivity index is 2.01. The first-order chi connectivity index (χ1) is 8.68. The van der Waals surface area contributed by atoms with E-state index in [1.165, 1.54) is 0 Å². The Kier molecular flexibility index (Phi) is 3.82. The van der Waals surface area contributed by atoms with Gasteiger partial charge in [0.05, 0.1) is 18.9 Å². The maximum absolute atomic E-state index is 12.0. The number of amides is 1. The van der Waals surface area contributed by atoms with Crippen LogP contribution in [0, 0.1) is 0 Å². The molecule has 1 aliphatic heterocycles. The van der Waals surface area contributed by atoms with Gasteiger partial charge < -0.3 is 15.2 Å². The van der Waals surface area contributed by atoms with Crippen LogP contribution in [0.4, 0.5) is 0 Å². The molecule has 1 amide bonds. The summed E-state index contributed by atoms with van der Waals surface area (Å²) in [6, 6.07) is 7.44. The molecule has 0 bridgehead atoms. The number of nitrogens with one attached hydrogen (secondary N) is 1. The zero-order chi connectivity index (χ0) is 13.0. The number of fused-ring (bicyclic) bond motifs is 1. The molecule has 0 aliphatic carbocycles. The Bertz CT molecular complexity index is 458. The van der Waals surface area contributed by atoms with Crippen LogP contribution in [0.3, 0.4) is 0 Å². The number of benzene rings is 1. The van der Waals surface area contributed by atoms with Crippen LogP contribution < -0.4 is 10.1 Å². The molecule has 1 aliphatic rings. The van der Waals surface area contributed by atoms with Crippen LogP contribution in [0.1, 0.15) is 24.3 Å². The number of aliphatic carboxylic acids is 1. The van der Waals surface area contributed by atoms with Gasteiger partial charge in [-0.15, -0.1) is 0 Å². The zero-order valence-electron chi connectivity index (χ0n) is 9.89. The van der Waals surface area contributed by atoms with Crippen molar-refractivity contribution in [2.45, 2.75) is 18.8 Å². The number of hydrogen-bond donors (Lipinski definition) is 2. The first kappa shape index (κ1) is 12.4. The standard InChI is InChI=1S/C13H15NO4/c15-12(16)5-7-14-13(17)10-6-8-18-11-4-2-1-3-9(10)11/h1-4,10H,5-8H2,(H,14,17)(H,15,16). The van der Waals surface area contributed by atoms with Gasteiger partial charge >= 0.3 is 5.97 Å². The van der Waals surface area contributed by atoms with E-state index in [0.29, 0.717) is 13.0 Å². The number of carboxylic acids is 1. The van der Waals surface area contributed by atoms with Crippen molar-refractivity contribution < 1.29 is 19.4 Å². The highest BCUT2D eigenvalue weighted by atomic mass is 16.5. The van der Waals surface area contributed by atoms with Crippen LogP contribution in [-0.2, 0) is 9.59 Å². The van der Waals surface area contributed by atoms with E-state index in [2.05, 4.69) is 5.32 Å². The van der Waals surface area contributed by atoms with Crippen LogP contribution >= 0.6 is 0 Å². The number of hydrogen-bond acceptors (Lipinski definition) is 3. The number of carboxylic acid groups (broad SMARTS) is 1. The van der Waals surface area contributed by atoms with E-state index in [-0.39, 0.29) is 24.8 Å². The Morgan fingerprint density at radius 2 is 2.17 bits per heavy atom. The largest absolute Gasteiger partial charge is 0.493 e. The molecule has 1 atom stereocenters. The molecule has 2 N–H and O–H groups in total. The Hall–Kier alpha value is -2.04. The Morgan fingerprint density at radius 3 is 2.94 bits per heavy atom. The lowest BCUT2D eigenvalue weighted by molar-refractivity contribution is -0.137. The van der Waals surface area contributed by atoms with Crippen LogP contribution in [0.2, 0.25) is 0 Å². The fourth-order valence-electron chi connectivity index (χ4n) is 2.03. The summed E-state index contributed by atoms with van der Waals surface area (Å²) in [5.41, 5.74) is 0.872. The van der Waals surface area contributed by atoms with Crippen molar-refractivity contribution >= 4 is 11.9 Å². The molecule has 0 aromatic heterocycles. The lowest BCUT2D eigenvalue weighted by Crippen LogP contribution is -2.33. The highest BCUT2D eigenvalue weighted by molar-refractivity contribution is 5.85. The minimum Gasteiger partial charge on any atom is -0.493 e. The van der Waals surface area contributed by atoms with E-state index in [1.54, 1.807) is 0 Å². The average molecular weight is 249 g/mol. The molecule has 2 rings (SSSR count). The number of carbonyl (C=O) groups is 2. The predicted octanol–water partition coefficient (Wildman–Crippen LogP) is 1.14. The van der Waals surface area contributed by atoms with Gasteiger partial charge in [0.2, 0.25) is 5.91 Å². The SMILES string of the molecule is O=C(O)CCNC(=O)C1CCOc2ccccc21. The van der Waals surface area contributed by atoms with Gasteiger partial charge in [0.25, 0.3) is 0 Å². The van der Waals surface area contributed by atoms with Gasteiger partial charge in [0.15, 0.2) is 0 Å². The second kappa shape index (κ2) is 5.53. The first-order valence-corrected chi connectivity index (χ1v) is 5.89. The lowest BCUT2D eigenvalue weighted by Gasteiger charge is -2.24. The second-order valence-corrected chi connectivity index (χ2v) is 4.16. The van der Waals surface area contributed by atoms with Crippen molar-refractivity contribution in [3.63, 3.8) is 0 Å². The van der Waals surface area contributed by atoms with Gasteiger partial charge in [-0.05, 0) is 12.5 Å². The summed E-state index contributed by atoms with van der Waals surface area (Å²) in [7, 11) is 0. The molecule has 0 radical (unpaired) electrons. The highest BCUT2D eigenvalue weighted by Gasteiger charge is 2.26. The van der Waals surface area contributed by atoms with Crippen LogP contribution in [0.5, 0.6) is 5.75 Å². The summed E-state index contributed by atoms with van der Waals surface area (Å²) in [5.74, 6) is -0.555. The van der Waals surface area contributed by atoms with E-state index in [0.717, 1.165) is 11.3 Å². The number of rotatable bonds is 4. The van der Waals surface area contributed by atoms with Gasteiger partial charge in [-0.25, -0.2) is 0 Å². The molecule has 96 valence electrons. The molecule has 0 saturated carbocycles. The third kappa shape index (κ3) is 2.80. The molecule has 1 unspecified atom stereocenters. The fraction of sp³-hybridized carbons (Fsp3) is 0.385. The summed E-state index contributed by atoms with van der Waals surface area (Å²) < 4.78 is 5.47. The smallest absolute Gasteiger partial charge is 0.305 e. The predicted molar refractivity (Wildman–Crippen MR) is 64.6 cm³/mol. The minimum absolute atomic E-state index is 0.0589. The molecule has 0 spiro atoms. The fourth-order valence-corrected chi connectivity index (χ4v) is 2.03. The molecular weight excluding hydrogens is 234 g/mol. The molecule has 5 heteroatoms. The summed E-state index contributed by atoms with van der Waals surface area (Å²) in [4.78, 5) is 22.4. The van der Waals surface area contributed by atoms with E-state index in [9.17, 15) is 9.59 Å². The highest BCUT2D eigenvalue weighted by Crippen LogP contribution is 2.33. The van der Waals surface area contributed by atoms with Crippen molar-refractivity contribution in [1.82, 2.24) is 5.32 Å². The quantitative estimate of drug-likeness (QED) is 0.839. The maximum Gasteiger partial charge on any atom is 0.305 e. The van der Waals surface area contributed by atoms with Gasteiger partial charge in [0, 0.05) is 12.1 Å². The topological polar surface area (TPSA) is 75.6 Å². The molecule has 5 nitrogen and oxygen atoms in total. The van der Waals surface area contributed by atoms with E-state index in [4.69, 9.17) is 9.84 Å². The normalized spacial score (nSPS) is 17.4. The Morgan fingerprint density at radius 1 is 1.39 bits per heavy atom. The first-order valence-electron chi connectivity index (χ1n) is 5.89. The van der Waals surface area contributed by atoms with Crippen LogP contribution in [0.25, 0.3) is 0 Å². The van der Waals surface area contributed by atoms with Crippen molar-refractivity contribution in [3.8, 4) is 5.75 Å². The third-order valence-corrected chi connectivity index (χ3v) is 2.91. The summed E-state index contributed by atoms with van der Waals surface area (Å²) in [6.45, 7) is 0.668.